The summed E-state index contributed by atoms with van der Waals surface area (Å²) in [4.78, 5) is 33.7. The van der Waals surface area contributed by atoms with Gasteiger partial charge in [-0.15, -0.1) is 0 Å². The first-order valence-corrected chi connectivity index (χ1v) is 12.5. The third-order valence-corrected chi connectivity index (χ3v) is 8.26. The predicted molar refractivity (Wildman–Crippen MR) is 134 cm³/mol. The number of hydrogen-bond acceptors (Lipinski definition) is 6. The monoisotopic (exact) mass is 473 g/mol. The molecule has 0 unspecified atom stereocenters. The van der Waals surface area contributed by atoms with Crippen LogP contribution in [0.25, 0.3) is 22.3 Å². The number of pyridine rings is 2. The minimum atomic E-state index is -1.62. The van der Waals surface area contributed by atoms with E-state index < -0.39 is 5.60 Å². The molecule has 1 N–H and O–H groups in total. The molecule has 0 bridgehead atoms. The summed E-state index contributed by atoms with van der Waals surface area (Å²) in [5.74, 6) is 0.721. The molecule has 0 fully saturated rings. The van der Waals surface area contributed by atoms with Crippen LogP contribution in [0, 0.1) is 13.8 Å². The van der Waals surface area contributed by atoms with E-state index in [1.807, 2.05) is 6.07 Å². The minimum absolute atomic E-state index is 0.117. The molecule has 7 heteroatoms. The maximum absolute atomic E-state index is 13.7. The smallest absolute Gasteiger partial charge is 0.254 e. The van der Waals surface area contributed by atoms with Crippen LogP contribution in [0.4, 0.5) is 0 Å². The van der Waals surface area contributed by atoms with Gasteiger partial charge in [-0.05, 0) is 58.0 Å². The molecule has 0 spiro atoms. The highest BCUT2D eigenvalue weighted by molar-refractivity contribution is 5.96. The van der Waals surface area contributed by atoms with Gasteiger partial charge in [-0.25, -0.2) is 4.98 Å². The van der Waals surface area contributed by atoms with E-state index in [4.69, 9.17) is 9.72 Å². The summed E-state index contributed by atoms with van der Waals surface area (Å²) >= 11 is 0. The van der Waals surface area contributed by atoms with Crippen LogP contribution in [-0.4, -0.2) is 46.0 Å². The Kier molecular flexibility index (Phi) is 4.80. The Bertz CT molecular complexity index is 1520. The zero-order valence-electron chi connectivity index (χ0n) is 21.0. The van der Waals surface area contributed by atoms with E-state index in [0.29, 0.717) is 36.4 Å². The molecular weight excluding hydrogens is 442 g/mol. The summed E-state index contributed by atoms with van der Waals surface area (Å²) in [5, 5.41) is 12.5. The summed E-state index contributed by atoms with van der Waals surface area (Å²) in [7, 11) is 4.11. The molecule has 182 valence electrons. The highest BCUT2D eigenvalue weighted by atomic mass is 16.5. The Balaban J connectivity index is 1.70. The molecule has 1 aliphatic carbocycles. The number of ketones is 1. The third kappa shape index (κ3) is 2.88. The molecule has 35 heavy (non-hydrogen) atoms. The second kappa shape index (κ2) is 7.48. The van der Waals surface area contributed by atoms with E-state index in [1.54, 1.807) is 11.5 Å². The van der Waals surface area contributed by atoms with Crippen molar-refractivity contribution in [3.63, 3.8) is 0 Å². The standard InChI is InChI=1S/C28H31N3O4/c1-6-28(34)20-11-21-25-19(13-31(21)27(33)17(20)7-8-22(28)32)18(12-30(4)5)23-14(2)16-9-10-35-26(16)15(3)24(23)29-25/h11,34H,6-10,12-13H2,1-5H3/t28-/m0/s1. The number of aromatic nitrogens is 2. The van der Waals surface area contributed by atoms with Gasteiger partial charge in [0, 0.05) is 52.6 Å². The summed E-state index contributed by atoms with van der Waals surface area (Å²) in [6.07, 6.45) is 1.70. The van der Waals surface area contributed by atoms with Crippen LogP contribution in [0.5, 0.6) is 5.75 Å². The molecule has 0 radical (unpaired) electrons. The van der Waals surface area contributed by atoms with E-state index in [0.717, 1.165) is 46.4 Å². The largest absolute Gasteiger partial charge is 0.493 e. The number of aliphatic hydroxyl groups is 1. The average Bonchev–Trinajstić information content (AvgIpc) is 3.46. The Morgan fingerprint density at radius 1 is 1.11 bits per heavy atom. The van der Waals surface area contributed by atoms with Gasteiger partial charge in [-0.2, -0.15) is 0 Å². The van der Waals surface area contributed by atoms with Crippen LogP contribution in [0.15, 0.2) is 10.9 Å². The molecule has 2 aliphatic heterocycles. The van der Waals surface area contributed by atoms with Crippen molar-refractivity contribution in [2.45, 2.75) is 65.1 Å². The minimum Gasteiger partial charge on any atom is -0.493 e. The van der Waals surface area contributed by atoms with E-state index in [2.05, 4.69) is 32.8 Å². The molecule has 3 aromatic rings. The lowest BCUT2D eigenvalue weighted by atomic mass is 9.77. The second-order valence-corrected chi connectivity index (χ2v) is 10.5. The Labute approximate surface area is 204 Å². The lowest BCUT2D eigenvalue weighted by molar-refractivity contribution is -0.140. The highest BCUT2D eigenvalue weighted by Gasteiger charge is 2.43. The van der Waals surface area contributed by atoms with E-state index in [1.165, 1.54) is 16.7 Å². The number of hydrogen-bond donors (Lipinski definition) is 1. The summed E-state index contributed by atoms with van der Waals surface area (Å²) < 4.78 is 7.79. The second-order valence-electron chi connectivity index (χ2n) is 10.5. The van der Waals surface area contributed by atoms with Crippen molar-refractivity contribution in [2.75, 3.05) is 20.7 Å². The van der Waals surface area contributed by atoms with Crippen LogP contribution in [-0.2, 0) is 36.3 Å². The van der Waals surface area contributed by atoms with E-state index in [-0.39, 0.29) is 24.2 Å². The lowest BCUT2D eigenvalue weighted by Crippen LogP contribution is -2.43. The molecule has 0 saturated heterocycles. The van der Waals surface area contributed by atoms with Crippen molar-refractivity contribution >= 4 is 16.7 Å². The van der Waals surface area contributed by atoms with Gasteiger partial charge >= 0.3 is 0 Å². The van der Waals surface area contributed by atoms with Crippen LogP contribution in [0.2, 0.25) is 0 Å². The fraction of sp³-hybridized carbons (Fsp3) is 0.464. The van der Waals surface area contributed by atoms with Crippen LogP contribution in [0.3, 0.4) is 0 Å². The molecule has 0 saturated carbocycles. The number of aryl methyl sites for hydroxylation is 2. The first-order valence-electron chi connectivity index (χ1n) is 12.5. The van der Waals surface area contributed by atoms with Crippen LogP contribution < -0.4 is 10.3 Å². The van der Waals surface area contributed by atoms with Crippen molar-refractivity contribution in [1.29, 1.82) is 0 Å². The maximum Gasteiger partial charge on any atom is 0.254 e. The van der Waals surface area contributed by atoms with Gasteiger partial charge in [0.2, 0.25) is 0 Å². The Morgan fingerprint density at radius 3 is 2.60 bits per heavy atom. The number of Topliss-reactive ketones (excluding diaryl/α,β-unsaturated/α-hetero) is 1. The maximum atomic E-state index is 13.7. The lowest BCUT2D eigenvalue weighted by Gasteiger charge is -2.32. The number of ether oxygens (including phenoxy) is 1. The zero-order valence-corrected chi connectivity index (χ0v) is 21.0. The van der Waals surface area contributed by atoms with E-state index >= 15 is 0 Å². The summed E-state index contributed by atoms with van der Waals surface area (Å²) in [6.45, 7) is 7.87. The fourth-order valence-electron chi connectivity index (χ4n) is 6.42. The molecular formula is C28H31N3O4. The molecule has 4 heterocycles. The van der Waals surface area contributed by atoms with Crippen molar-refractivity contribution in [3.05, 3.63) is 55.4 Å². The zero-order chi connectivity index (χ0) is 24.8. The molecule has 0 amide bonds. The number of nitrogens with zero attached hydrogens (tertiary/aromatic N) is 3. The first kappa shape index (κ1) is 22.4. The van der Waals surface area contributed by atoms with Crippen molar-refractivity contribution in [3.8, 4) is 17.1 Å². The molecule has 7 nitrogen and oxygen atoms in total. The summed E-state index contributed by atoms with van der Waals surface area (Å²) in [5.41, 5.74) is 7.38. The van der Waals surface area contributed by atoms with Gasteiger partial charge in [0.05, 0.1) is 30.1 Å². The van der Waals surface area contributed by atoms with Crippen LogP contribution in [0.1, 0.15) is 58.7 Å². The highest BCUT2D eigenvalue weighted by Crippen LogP contribution is 2.45. The number of carbonyl (C=O) groups is 1. The predicted octanol–water partition coefficient (Wildman–Crippen LogP) is 3.15. The molecule has 1 atom stereocenters. The quantitative estimate of drug-likeness (QED) is 0.492. The van der Waals surface area contributed by atoms with Gasteiger partial charge in [0.25, 0.3) is 5.56 Å². The fourth-order valence-corrected chi connectivity index (χ4v) is 6.42. The van der Waals surface area contributed by atoms with Gasteiger partial charge in [0.1, 0.15) is 11.4 Å². The van der Waals surface area contributed by atoms with Crippen molar-refractivity contribution < 1.29 is 14.6 Å². The number of rotatable bonds is 3. The molecule has 6 rings (SSSR count). The molecule has 1 aromatic carbocycles. The average molecular weight is 474 g/mol. The normalized spacial score (nSPS) is 20.1. The Morgan fingerprint density at radius 2 is 1.89 bits per heavy atom. The van der Waals surface area contributed by atoms with E-state index in [9.17, 15) is 14.7 Å². The first-order chi connectivity index (χ1) is 16.7. The van der Waals surface area contributed by atoms with Crippen molar-refractivity contribution in [2.24, 2.45) is 0 Å². The number of fused-ring (bicyclic) bond motifs is 6. The third-order valence-electron chi connectivity index (χ3n) is 8.26. The van der Waals surface area contributed by atoms with Gasteiger partial charge < -0.3 is 19.3 Å². The molecule has 3 aliphatic rings. The van der Waals surface area contributed by atoms with Crippen molar-refractivity contribution in [1.82, 2.24) is 14.5 Å². The Hall–Kier alpha value is -3.03. The summed E-state index contributed by atoms with van der Waals surface area (Å²) in [6, 6.07) is 1.85. The van der Waals surface area contributed by atoms with Gasteiger partial charge in [-0.3, -0.25) is 9.59 Å². The SMILES string of the molecule is CC[C@@]1(O)C(=O)CCc2c1cc1n(c2=O)Cc2c-1nc1c(C)c3c(c(C)c1c2CN(C)C)CCO3. The number of benzene rings is 1. The van der Waals surface area contributed by atoms with Gasteiger partial charge in [-0.1, -0.05) is 6.92 Å². The van der Waals surface area contributed by atoms with Crippen LogP contribution >= 0.6 is 0 Å². The molecule has 2 aromatic heterocycles. The van der Waals surface area contributed by atoms with Gasteiger partial charge in [0.15, 0.2) is 5.78 Å². The topological polar surface area (TPSA) is 84.7 Å². The number of carbonyl (C=O) groups excluding carboxylic acids is 1.